The van der Waals surface area contributed by atoms with Crippen molar-refractivity contribution in [1.82, 2.24) is 10.6 Å². The maximum Gasteiger partial charge on any atom is 0.407 e. The molecule has 0 unspecified atom stereocenters. The number of carbonyl (C=O) groups excluding carboxylic acids is 4. The molecule has 1 aromatic carbocycles. The van der Waals surface area contributed by atoms with E-state index in [-0.39, 0.29) is 6.61 Å². The van der Waals surface area contributed by atoms with Crippen LogP contribution in [0, 0.1) is 0 Å². The monoisotopic (exact) mass is 436 g/mol. The Hall–Kier alpha value is -3.10. The molecular formula is C22H32N2O7. The first-order valence-corrected chi connectivity index (χ1v) is 9.94. The van der Waals surface area contributed by atoms with E-state index in [1.807, 2.05) is 18.2 Å². The van der Waals surface area contributed by atoms with E-state index in [2.05, 4.69) is 10.6 Å². The van der Waals surface area contributed by atoms with Gasteiger partial charge in [0, 0.05) is 0 Å². The van der Waals surface area contributed by atoms with E-state index in [4.69, 9.17) is 14.2 Å². The van der Waals surface area contributed by atoms with Gasteiger partial charge in [-0.1, -0.05) is 30.3 Å². The number of rotatable bonds is 8. The van der Waals surface area contributed by atoms with Crippen LogP contribution in [0.4, 0.5) is 4.79 Å². The largest absolute Gasteiger partial charge is 0.460 e. The lowest BCUT2D eigenvalue weighted by Crippen LogP contribution is -2.49. The zero-order chi connectivity index (χ0) is 23.7. The van der Waals surface area contributed by atoms with Gasteiger partial charge in [0.25, 0.3) is 0 Å². The molecule has 0 fully saturated rings. The van der Waals surface area contributed by atoms with Crippen LogP contribution in [-0.2, 0) is 35.2 Å². The molecule has 31 heavy (non-hydrogen) atoms. The van der Waals surface area contributed by atoms with E-state index in [1.165, 1.54) is 0 Å². The Labute approximate surface area is 182 Å². The maximum absolute atomic E-state index is 12.4. The summed E-state index contributed by atoms with van der Waals surface area (Å²) in [5.74, 6) is -2.13. The first-order valence-electron chi connectivity index (χ1n) is 9.94. The van der Waals surface area contributed by atoms with Crippen LogP contribution in [0.15, 0.2) is 30.3 Å². The van der Waals surface area contributed by atoms with Gasteiger partial charge in [-0.25, -0.2) is 9.59 Å². The number of ether oxygens (including phenoxy) is 3. The SMILES string of the molecule is CC(C)(C)OC(=O)C[C@@H](NC(=O)CNC(=O)OCc1ccccc1)C(=O)OC(C)(C)C. The van der Waals surface area contributed by atoms with Gasteiger partial charge in [0.1, 0.15) is 30.4 Å². The number of alkyl carbamates (subject to hydrolysis) is 1. The van der Waals surface area contributed by atoms with Crippen molar-refractivity contribution >= 4 is 23.9 Å². The minimum Gasteiger partial charge on any atom is -0.460 e. The number of hydrogen-bond donors (Lipinski definition) is 2. The maximum atomic E-state index is 12.4. The molecule has 2 amide bonds. The molecule has 0 saturated heterocycles. The fraction of sp³-hybridized carbons (Fsp3) is 0.545. The molecule has 0 bridgehead atoms. The fourth-order valence-corrected chi connectivity index (χ4v) is 2.29. The van der Waals surface area contributed by atoms with Crippen molar-refractivity contribution in [1.29, 1.82) is 0 Å². The van der Waals surface area contributed by atoms with E-state index in [0.29, 0.717) is 0 Å². The van der Waals surface area contributed by atoms with Crippen molar-refractivity contribution in [2.75, 3.05) is 6.54 Å². The van der Waals surface area contributed by atoms with Gasteiger partial charge in [-0.3, -0.25) is 9.59 Å². The summed E-state index contributed by atoms with van der Waals surface area (Å²) in [7, 11) is 0. The van der Waals surface area contributed by atoms with Crippen LogP contribution in [0.5, 0.6) is 0 Å². The zero-order valence-corrected chi connectivity index (χ0v) is 18.9. The molecule has 1 rings (SSSR count). The highest BCUT2D eigenvalue weighted by atomic mass is 16.6. The highest BCUT2D eigenvalue weighted by Gasteiger charge is 2.30. The average molecular weight is 437 g/mol. The smallest absolute Gasteiger partial charge is 0.407 e. The number of esters is 2. The molecule has 0 saturated carbocycles. The van der Waals surface area contributed by atoms with Crippen LogP contribution in [0.2, 0.25) is 0 Å². The average Bonchev–Trinajstić information content (AvgIpc) is 2.62. The summed E-state index contributed by atoms with van der Waals surface area (Å²) in [4.78, 5) is 48.6. The lowest BCUT2D eigenvalue weighted by molar-refractivity contribution is -0.165. The molecule has 9 nitrogen and oxygen atoms in total. The van der Waals surface area contributed by atoms with Gasteiger partial charge in [-0.05, 0) is 47.1 Å². The van der Waals surface area contributed by atoms with E-state index in [9.17, 15) is 19.2 Å². The normalized spacial score (nSPS) is 12.3. The highest BCUT2D eigenvalue weighted by molar-refractivity contribution is 5.90. The van der Waals surface area contributed by atoms with E-state index in [1.54, 1.807) is 53.7 Å². The summed E-state index contributed by atoms with van der Waals surface area (Å²) in [5.41, 5.74) is -0.763. The number of amides is 2. The zero-order valence-electron chi connectivity index (χ0n) is 18.9. The molecule has 2 N–H and O–H groups in total. The first-order chi connectivity index (χ1) is 14.2. The van der Waals surface area contributed by atoms with Crippen molar-refractivity contribution in [3.63, 3.8) is 0 Å². The molecule has 0 aliphatic heterocycles. The van der Waals surface area contributed by atoms with Crippen molar-refractivity contribution in [2.24, 2.45) is 0 Å². The number of carbonyl (C=O) groups is 4. The summed E-state index contributed by atoms with van der Waals surface area (Å²) in [5, 5.41) is 4.70. The highest BCUT2D eigenvalue weighted by Crippen LogP contribution is 2.13. The second kappa shape index (κ2) is 11.3. The lowest BCUT2D eigenvalue weighted by Gasteiger charge is -2.25. The Morgan fingerprint density at radius 2 is 1.48 bits per heavy atom. The van der Waals surface area contributed by atoms with E-state index >= 15 is 0 Å². The topological polar surface area (TPSA) is 120 Å². The Morgan fingerprint density at radius 1 is 0.903 bits per heavy atom. The number of benzene rings is 1. The fourth-order valence-electron chi connectivity index (χ4n) is 2.29. The van der Waals surface area contributed by atoms with Crippen LogP contribution in [0.25, 0.3) is 0 Å². The second-order valence-electron chi connectivity index (χ2n) is 8.86. The molecule has 0 aliphatic rings. The summed E-state index contributed by atoms with van der Waals surface area (Å²) in [6.45, 7) is 9.68. The van der Waals surface area contributed by atoms with Crippen LogP contribution in [0.1, 0.15) is 53.5 Å². The molecular weight excluding hydrogens is 404 g/mol. The van der Waals surface area contributed by atoms with Gasteiger partial charge in [-0.15, -0.1) is 0 Å². The molecule has 0 aliphatic carbocycles. The Balaban J connectivity index is 2.61. The number of nitrogens with one attached hydrogen (secondary N) is 2. The minimum absolute atomic E-state index is 0.0491. The Kier molecular flexibility index (Phi) is 9.48. The molecule has 0 spiro atoms. The second-order valence-corrected chi connectivity index (χ2v) is 8.86. The third kappa shape index (κ3) is 12.2. The number of hydrogen-bond acceptors (Lipinski definition) is 7. The molecule has 1 aromatic rings. The Morgan fingerprint density at radius 3 is 2.03 bits per heavy atom. The van der Waals surface area contributed by atoms with Crippen molar-refractivity contribution in [3.05, 3.63) is 35.9 Å². The summed E-state index contributed by atoms with van der Waals surface area (Å²) >= 11 is 0. The predicted molar refractivity (Wildman–Crippen MR) is 113 cm³/mol. The molecule has 1 atom stereocenters. The van der Waals surface area contributed by atoms with Crippen molar-refractivity contribution < 1.29 is 33.4 Å². The van der Waals surface area contributed by atoms with Gasteiger partial charge in [0.2, 0.25) is 5.91 Å². The summed E-state index contributed by atoms with van der Waals surface area (Å²) in [6.07, 6.45) is -1.20. The quantitative estimate of drug-likeness (QED) is 0.474. The lowest BCUT2D eigenvalue weighted by atomic mass is 10.1. The summed E-state index contributed by atoms with van der Waals surface area (Å²) < 4.78 is 15.5. The minimum atomic E-state index is -1.26. The van der Waals surface area contributed by atoms with Crippen LogP contribution < -0.4 is 10.6 Å². The van der Waals surface area contributed by atoms with Crippen molar-refractivity contribution in [2.45, 2.75) is 71.8 Å². The van der Waals surface area contributed by atoms with Crippen molar-refractivity contribution in [3.8, 4) is 0 Å². The van der Waals surface area contributed by atoms with E-state index in [0.717, 1.165) is 5.56 Å². The first kappa shape index (κ1) is 25.9. The molecule has 0 heterocycles. The molecule has 0 aromatic heterocycles. The van der Waals surface area contributed by atoms with Crippen LogP contribution in [-0.4, -0.2) is 47.7 Å². The van der Waals surface area contributed by atoms with Gasteiger partial charge in [-0.2, -0.15) is 0 Å². The van der Waals surface area contributed by atoms with Crippen LogP contribution in [0.3, 0.4) is 0 Å². The van der Waals surface area contributed by atoms with E-state index < -0.39 is 54.1 Å². The van der Waals surface area contributed by atoms with Gasteiger partial charge < -0.3 is 24.8 Å². The standard InChI is InChI=1S/C22H32N2O7/c1-21(2,3)30-18(26)12-16(19(27)31-22(4,5)6)24-17(25)13-23-20(28)29-14-15-10-8-7-9-11-15/h7-11,16H,12-14H2,1-6H3,(H,23,28)(H,24,25)/t16-/m1/s1. The summed E-state index contributed by atoms with van der Waals surface area (Å²) in [6, 6.07) is 7.79. The predicted octanol–water partition coefficient (Wildman–Crippen LogP) is 2.47. The van der Waals surface area contributed by atoms with Crippen LogP contribution >= 0.6 is 0 Å². The Bertz CT molecular complexity index is 764. The molecule has 172 valence electrons. The van der Waals surface area contributed by atoms with Gasteiger partial charge in [0.15, 0.2) is 0 Å². The molecule has 0 radical (unpaired) electrons. The van der Waals surface area contributed by atoms with Gasteiger partial charge >= 0.3 is 18.0 Å². The third-order valence-corrected chi connectivity index (χ3v) is 3.42. The van der Waals surface area contributed by atoms with Gasteiger partial charge in [0.05, 0.1) is 6.42 Å². The molecule has 9 heteroatoms. The third-order valence-electron chi connectivity index (χ3n) is 3.42.